The topological polar surface area (TPSA) is 59.2 Å². The van der Waals surface area contributed by atoms with E-state index in [4.69, 9.17) is 5.73 Å². The van der Waals surface area contributed by atoms with E-state index >= 15 is 0 Å². The van der Waals surface area contributed by atoms with Crippen molar-refractivity contribution in [3.63, 3.8) is 0 Å². The number of carbonyl (C=O) groups excluding carboxylic acids is 1. The molecule has 98 valence electrons. The lowest BCUT2D eigenvalue weighted by Gasteiger charge is -2.41. The third kappa shape index (κ3) is 2.12. The lowest BCUT2D eigenvalue weighted by atomic mass is 9.75. The van der Waals surface area contributed by atoms with Crippen LogP contribution in [0.4, 0.5) is 5.82 Å². The molecular weight excluding hydrogens is 226 g/mol. The van der Waals surface area contributed by atoms with Gasteiger partial charge in [0.1, 0.15) is 5.82 Å². The number of nitrogens with two attached hydrogens (primary N) is 1. The van der Waals surface area contributed by atoms with Crippen molar-refractivity contribution in [2.24, 2.45) is 0 Å². The lowest BCUT2D eigenvalue weighted by Crippen LogP contribution is -2.52. The minimum Gasteiger partial charge on any atom is -0.383 e. The van der Waals surface area contributed by atoms with Crippen LogP contribution < -0.4 is 5.73 Å². The van der Waals surface area contributed by atoms with Crippen LogP contribution in [-0.2, 0) is 0 Å². The molecule has 0 spiro atoms. The fourth-order valence-electron chi connectivity index (χ4n) is 2.87. The molecule has 1 fully saturated rings. The largest absolute Gasteiger partial charge is 0.383 e. The summed E-state index contributed by atoms with van der Waals surface area (Å²) in [6, 6.07) is 3.56. The standard InChI is InChI=1S/C14H21N3O/c1-17(2)14(8-4-3-5-9-14)12(18)11-7-6-10-16-13(11)15/h6-7,10H,3-5,8-9H2,1-2H3,(H2,15,16). The second-order valence-corrected chi connectivity index (χ2v) is 5.25. The molecule has 0 aliphatic heterocycles. The predicted octanol–water partition coefficient (Wildman–Crippen LogP) is 2.11. The maximum absolute atomic E-state index is 12.8. The highest BCUT2D eigenvalue weighted by Gasteiger charge is 2.42. The summed E-state index contributed by atoms with van der Waals surface area (Å²) in [4.78, 5) is 18.9. The molecule has 0 aromatic carbocycles. The Morgan fingerprint density at radius 2 is 2.00 bits per heavy atom. The Labute approximate surface area is 108 Å². The maximum Gasteiger partial charge on any atom is 0.186 e. The van der Waals surface area contributed by atoms with Crippen molar-refractivity contribution < 1.29 is 4.79 Å². The van der Waals surface area contributed by atoms with Crippen molar-refractivity contribution in [1.82, 2.24) is 9.88 Å². The summed E-state index contributed by atoms with van der Waals surface area (Å²) in [6.07, 6.45) is 6.86. The number of nitrogens with zero attached hydrogens (tertiary/aromatic N) is 2. The average Bonchev–Trinajstić information content (AvgIpc) is 2.39. The van der Waals surface area contributed by atoms with Crippen molar-refractivity contribution in [3.8, 4) is 0 Å². The van der Waals surface area contributed by atoms with Gasteiger partial charge in [0.2, 0.25) is 0 Å². The maximum atomic E-state index is 12.8. The summed E-state index contributed by atoms with van der Waals surface area (Å²) >= 11 is 0. The van der Waals surface area contributed by atoms with Crippen molar-refractivity contribution >= 4 is 11.6 Å². The third-order valence-corrected chi connectivity index (χ3v) is 4.04. The van der Waals surface area contributed by atoms with Gasteiger partial charge in [0.25, 0.3) is 0 Å². The van der Waals surface area contributed by atoms with Crippen molar-refractivity contribution in [2.45, 2.75) is 37.6 Å². The first-order valence-electron chi connectivity index (χ1n) is 6.51. The number of pyridine rings is 1. The normalized spacial score (nSPS) is 18.8. The quantitative estimate of drug-likeness (QED) is 0.831. The molecule has 1 saturated carbocycles. The van der Waals surface area contributed by atoms with Crippen LogP contribution in [0.5, 0.6) is 0 Å². The van der Waals surface area contributed by atoms with Gasteiger partial charge in [-0.05, 0) is 39.1 Å². The van der Waals surface area contributed by atoms with Crippen LogP contribution in [-0.4, -0.2) is 35.3 Å². The molecule has 18 heavy (non-hydrogen) atoms. The van der Waals surface area contributed by atoms with Crippen molar-refractivity contribution in [2.75, 3.05) is 19.8 Å². The molecule has 2 rings (SSSR count). The number of nitrogen functional groups attached to an aromatic ring is 1. The molecule has 0 amide bonds. The van der Waals surface area contributed by atoms with Crippen LogP contribution in [0.15, 0.2) is 18.3 Å². The number of Topliss-reactive ketones (excluding diaryl/α,β-unsaturated/α-hetero) is 1. The molecule has 4 heteroatoms. The Kier molecular flexibility index (Phi) is 3.66. The second kappa shape index (κ2) is 5.06. The highest BCUT2D eigenvalue weighted by atomic mass is 16.1. The molecule has 1 aromatic heterocycles. The van der Waals surface area contributed by atoms with E-state index in [-0.39, 0.29) is 5.78 Å². The predicted molar refractivity (Wildman–Crippen MR) is 72.5 cm³/mol. The van der Waals surface area contributed by atoms with E-state index < -0.39 is 5.54 Å². The molecule has 1 aromatic rings. The van der Waals surface area contributed by atoms with E-state index in [1.54, 1.807) is 18.3 Å². The Bertz CT molecular complexity index is 436. The Hall–Kier alpha value is -1.42. The summed E-state index contributed by atoms with van der Waals surface area (Å²) in [5.74, 6) is 0.465. The first-order chi connectivity index (χ1) is 8.58. The van der Waals surface area contributed by atoms with Gasteiger partial charge in [0, 0.05) is 6.20 Å². The van der Waals surface area contributed by atoms with Crippen molar-refractivity contribution in [1.29, 1.82) is 0 Å². The highest BCUT2D eigenvalue weighted by Crippen LogP contribution is 2.35. The van der Waals surface area contributed by atoms with Gasteiger partial charge < -0.3 is 5.73 Å². The molecule has 0 radical (unpaired) electrons. The highest BCUT2D eigenvalue weighted by molar-refractivity contribution is 6.06. The molecule has 0 bridgehead atoms. The molecule has 1 aliphatic carbocycles. The van der Waals surface area contributed by atoms with Crippen LogP contribution in [0.2, 0.25) is 0 Å². The van der Waals surface area contributed by atoms with Crippen molar-refractivity contribution in [3.05, 3.63) is 23.9 Å². The summed E-state index contributed by atoms with van der Waals surface area (Å²) in [7, 11) is 3.96. The first-order valence-corrected chi connectivity index (χ1v) is 6.51. The minimum absolute atomic E-state index is 0.123. The van der Waals surface area contributed by atoms with Crippen LogP contribution >= 0.6 is 0 Å². The fraction of sp³-hybridized carbons (Fsp3) is 0.571. The number of hydrogen-bond acceptors (Lipinski definition) is 4. The first kappa shape index (κ1) is 13.0. The molecule has 1 heterocycles. The van der Waals surface area contributed by atoms with Crippen LogP contribution in [0, 0.1) is 0 Å². The lowest BCUT2D eigenvalue weighted by molar-refractivity contribution is 0.0564. The Morgan fingerprint density at radius 1 is 1.33 bits per heavy atom. The molecule has 2 N–H and O–H groups in total. The van der Waals surface area contributed by atoms with Gasteiger partial charge in [0.15, 0.2) is 5.78 Å². The minimum atomic E-state index is -0.393. The van der Waals surface area contributed by atoms with Gasteiger partial charge in [-0.15, -0.1) is 0 Å². The van der Waals surface area contributed by atoms with Gasteiger partial charge in [-0.3, -0.25) is 9.69 Å². The second-order valence-electron chi connectivity index (χ2n) is 5.25. The Morgan fingerprint density at radius 3 is 2.56 bits per heavy atom. The summed E-state index contributed by atoms with van der Waals surface area (Å²) in [5, 5.41) is 0. The fourth-order valence-corrected chi connectivity index (χ4v) is 2.87. The van der Waals surface area contributed by atoms with Gasteiger partial charge >= 0.3 is 0 Å². The van der Waals surface area contributed by atoms with Crippen LogP contribution in [0.1, 0.15) is 42.5 Å². The number of carbonyl (C=O) groups is 1. The number of rotatable bonds is 3. The van der Waals surface area contributed by atoms with E-state index in [2.05, 4.69) is 9.88 Å². The van der Waals surface area contributed by atoms with Gasteiger partial charge in [-0.2, -0.15) is 0 Å². The molecule has 1 aliphatic rings. The Balaban J connectivity index is 2.38. The zero-order valence-electron chi connectivity index (χ0n) is 11.1. The molecule has 0 atom stereocenters. The zero-order chi connectivity index (χ0) is 13.2. The SMILES string of the molecule is CN(C)C1(C(=O)c2cccnc2N)CCCCC1. The van der Waals surface area contributed by atoms with E-state index in [0.29, 0.717) is 11.4 Å². The number of hydrogen-bond donors (Lipinski definition) is 1. The van der Waals surface area contributed by atoms with E-state index in [1.807, 2.05) is 14.1 Å². The van der Waals surface area contributed by atoms with Crippen LogP contribution in [0.25, 0.3) is 0 Å². The summed E-state index contributed by atoms with van der Waals surface area (Å²) in [5.41, 5.74) is 6.01. The number of ketones is 1. The molecule has 0 saturated heterocycles. The van der Waals surface area contributed by atoms with Gasteiger partial charge in [-0.25, -0.2) is 4.98 Å². The molecular formula is C14H21N3O. The summed E-state index contributed by atoms with van der Waals surface area (Å²) in [6.45, 7) is 0. The zero-order valence-corrected chi connectivity index (χ0v) is 11.1. The monoisotopic (exact) mass is 247 g/mol. The smallest absolute Gasteiger partial charge is 0.186 e. The average molecular weight is 247 g/mol. The van der Waals surface area contributed by atoms with E-state index in [0.717, 1.165) is 25.7 Å². The van der Waals surface area contributed by atoms with Gasteiger partial charge in [0.05, 0.1) is 11.1 Å². The summed E-state index contributed by atoms with van der Waals surface area (Å²) < 4.78 is 0. The number of likely N-dealkylation sites (N-methyl/N-ethyl adjacent to an activating group) is 1. The van der Waals surface area contributed by atoms with E-state index in [1.165, 1.54) is 6.42 Å². The molecule has 4 nitrogen and oxygen atoms in total. The van der Waals surface area contributed by atoms with Crippen LogP contribution in [0.3, 0.4) is 0 Å². The number of anilines is 1. The van der Waals surface area contributed by atoms with E-state index in [9.17, 15) is 4.79 Å². The number of aromatic nitrogens is 1. The van der Waals surface area contributed by atoms with Gasteiger partial charge in [-0.1, -0.05) is 19.3 Å². The molecule has 0 unspecified atom stereocenters. The third-order valence-electron chi connectivity index (χ3n) is 4.04.